The van der Waals surface area contributed by atoms with Gasteiger partial charge < -0.3 is 14.7 Å². The van der Waals surface area contributed by atoms with Crippen LogP contribution in [0.5, 0.6) is 0 Å². The molecule has 1 N–H and O–H groups in total. The normalized spacial score (nSPS) is 24.6. The number of hydrogen-bond donors (Lipinski definition) is 1. The molecule has 16 heavy (non-hydrogen) atoms. The van der Waals surface area contributed by atoms with Crippen molar-refractivity contribution in [3.8, 4) is 0 Å². The van der Waals surface area contributed by atoms with E-state index in [0.29, 0.717) is 6.61 Å². The molecule has 2 heterocycles. The van der Waals surface area contributed by atoms with Gasteiger partial charge in [0.15, 0.2) is 0 Å². The van der Waals surface area contributed by atoms with Gasteiger partial charge in [0.25, 0.3) is 0 Å². The summed E-state index contributed by atoms with van der Waals surface area (Å²) in [5.41, 5.74) is 0. The molecule has 0 spiro atoms. The molecule has 1 aliphatic rings. The zero-order chi connectivity index (χ0) is 11.7. The van der Waals surface area contributed by atoms with Crippen LogP contribution in [0, 0.1) is 12.8 Å². The van der Waals surface area contributed by atoms with Crippen LogP contribution in [0.2, 0.25) is 0 Å². The second-order valence-corrected chi connectivity index (χ2v) is 4.92. The molecule has 1 aromatic heterocycles. The number of nitrogens with zero attached hydrogens (tertiary/aromatic N) is 3. The Hall–Kier alpha value is -1.21. The van der Waals surface area contributed by atoms with E-state index in [-0.39, 0.29) is 12.6 Å². The van der Waals surface area contributed by atoms with Gasteiger partial charge in [-0.1, -0.05) is 11.3 Å². The number of aliphatic carboxylic acids is 1. The van der Waals surface area contributed by atoms with E-state index < -0.39 is 11.9 Å². The van der Waals surface area contributed by atoms with Crippen LogP contribution < -0.4 is 4.90 Å². The average Bonchev–Trinajstić information content (AvgIpc) is 2.84. The van der Waals surface area contributed by atoms with Crippen molar-refractivity contribution in [2.45, 2.75) is 13.0 Å². The molecule has 2 unspecified atom stereocenters. The van der Waals surface area contributed by atoms with Crippen molar-refractivity contribution in [3.05, 3.63) is 5.01 Å². The number of carboxylic acids is 1. The third-order valence-electron chi connectivity index (χ3n) is 2.68. The van der Waals surface area contributed by atoms with E-state index in [9.17, 15) is 4.79 Å². The minimum absolute atomic E-state index is 0.162. The third kappa shape index (κ3) is 2.00. The summed E-state index contributed by atoms with van der Waals surface area (Å²) in [6.07, 6.45) is 0. The van der Waals surface area contributed by atoms with Gasteiger partial charge in [0.1, 0.15) is 10.9 Å². The number of carbonyl (C=O) groups is 1. The van der Waals surface area contributed by atoms with Gasteiger partial charge in [-0.3, -0.25) is 4.79 Å². The van der Waals surface area contributed by atoms with Gasteiger partial charge in [0.05, 0.1) is 19.3 Å². The molecule has 2 atom stereocenters. The molecule has 0 aromatic carbocycles. The number of hydrogen-bond acceptors (Lipinski definition) is 6. The number of rotatable bonds is 3. The van der Waals surface area contributed by atoms with Crippen LogP contribution >= 0.6 is 11.3 Å². The fourth-order valence-electron chi connectivity index (χ4n) is 1.73. The summed E-state index contributed by atoms with van der Waals surface area (Å²) in [4.78, 5) is 12.9. The molecule has 2 rings (SSSR count). The maximum absolute atomic E-state index is 11.0. The summed E-state index contributed by atoms with van der Waals surface area (Å²) >= 11 is 1.45. The van der Waals surface area contributed by atoms with Crippen LogP contribution in [0.4, 0.5) is 5.13 Å². The molecule has 0 saturated carbocycles. The molecule has 1 saturated heterocycles. The van der Waals surface area contributed by atoms with Crippen molar-refractivity contribution in [3.63, 3.8) is 0 Å². The first kappa shape index (κ1) is 11.3. The Morgan fingerprint density at radius 2 is 2.31 bits per heavy atom. The van der Waals surface area contributed by atoms with Crippen molar-refractivity contribution < 1.29 is 14.6 Å². The first-order valence-corrected chi connectivity index (χ1v) is 5.74. The summed E-state index contributed by atoms with van der Waals surface area (Å²) < 4.78 is 5.21. The fourth-order valence-corrected chi connectivity index (χ4v) is 2.44. The highest BCUT2D eigenvalue weighted by molar-refractivity contribution is 7.15. The molecule has 88 valence electrons. The molecule has 0 bridgehead atoms. The monoisotopic (exact) mass is 243 g/mol. The van der Waals surface area contributed by atoms with Crippen LogP contribution in [0.15, 0.2) is 0 Å². The topological polar surface area (TPSA) is 75.5 Å². The second-order valence-electron chi connectivity index (χ2n) is 3.76. The number of aryl methyl sites for hydroxylation is 1. The lowest BCUT2D eigenvalue weighted by Gasteiger charge is -2.24. The van der Waals surface area contributed by atoms with Gasteiger partial charge >= 0.3 is 5.97 Å². The predicted molar refractivity (Wildman–Crippen MR) is 58.8 cm³/mol. The average molecular weight is 243 g/mol. The summed E-state index contributed by atoms with van der Waals surface area (Å²) in [5.74, 6) is -1.32. The number of anilines is 1. The molecule has 0 radical (unpaired) electrons. The van der Waals surface area contributed by atoms with Gasteiger partial charge in [-0.2, -0.15) is 0 Å². The van der Waals surface area contributed by atoms with Crippen LogP contribution in [0.25, 0.3) is 0 Å². The summed E-state index contributed by atoms with van der Waals surface area (Å²) in [6.45, 7) is 2.56. The Bertz CT molecular complexity index is 395. The van der Waals surface area contributed by atoms with Crippen molar-refractivity contribution in [2.75, 3.05) is 25.2 Å². The largest absolute Gasteiger partial charge is 0.481 e. The highest BCUT2D eigenvalue weighted by atomic mass is 32.1. The Labute approximate surface area is 96.9 Å². The highest BCUT2D eigenvalue weighted by Gasteiger charge is 2.37. The Morgan fingerprint density at radius 3 is 2.88 bits per heavy atom. The first-order chi connectivity index (χ1) is 7.59. The van der Waals surface area contributed by atoms with Crippen LogP contribution in [-0.2, 0) is 9.53 Å². The second kappa shape index (κ2) is 4.34. The molecule has 0 amide bonds. The molecular weight excluding hydrogens is 230 g/mol. The molecule has 1 fully saturated rings. The highest BCUT2D eigenvalue weighted by Crippen LogP contribution is 2.26. The minimum Gasteiger partial charge on any atom is -0.481 e. The molecule has 7 heteroatoms. The molecular formula is C9H13N3O3S. The van der Waals surface area contributed by atoms with Crippen molar-refractivity contribution in [2.24, 2.45) is 5.92 Å². The zero-order valence-corrected chi connectivity index (χ0v) is 9.90. The lowest BCUT2D eigenvalue weighted by Crippen LogP contribution is -2.40. The van der Waals surface area contributed by atoms with Gasteiger partial charge in [0.2, 0.25) is 5.13 Å². The Kier molecular flexibility index (Phi) is 3.06. The van der Waals surface area contributed by atoms with Gasteiger partial charge in [-0.15, -0.1) is 10.2 Å². The van der Waals surface area contributed by atoms with Crippen molar-refractivity contribution >= 4 is 22.4 Å². The van der Waals surface area contributed by atoms with Crippen molar-refractivity contribution in [1.82, 2.24) is 10.2 Å². The standard InChI is InChI=1S/C9H13N3O3S/c1-5-10-11-9(16-5)12(2)7-4-15-3-6(7)8(13)14/h6-7H,3-4H2,1-2H3,(H,13,14). The maximum Gasteiger partial charge on any atom is 0.311 e. The minimum atomic E-state index is -0.824. The SMILES string of the molecule is Cc1nnc(N(C)C2COCC2C(=O)O)s1. The summed E-state index contributed by atoms with van der Waals surface area (Å²) in [7, 11) is 1.83. The van der Waals surface area contributed by atoms with Crippen LogP contribution in [0.3, 0.4) is 0 Å². The number of carboxylic acid groups (broad SMARTS) is 1. The lowest BCUT2D eigenvalue weighted by atomic mass is 10.0. The summed E-state index contributed by atoms with van der Waals surface area (Å²) in [5, 5.41) is 18.6. The van der Waals surface area contributed by atoms with E-state index in [1.54, 1.807) is 0 Å². The number of ether oxygens (including phenoxy) is 1. The van der Waals surface area contributed by atoms with Crippen LogP contribution in [-0.4, -0.2) is 47.6 Å². The van der Waals surface area contributed by atoms with E-state index in [0.717, 1.165) is 10.1 Å². The fraction of sp³-hybridized carbons (Fsp3) is 0.667. The smallest absolute Gasteiger partial charge is 0.311 e. The molecule has 1 aliphatic heterocycles. The van der Waals surface area contributed by atoms with E-state index in [4.69, 9.17) is 9.84 Å². The van der Waals surface area contributed by atoms with E-state index in [1.165, 1.54) is 11.3 Å². The maximum atomic E-state index is 11.0. The Balaban J connectivity index is 2.15. The zero-order valence-electron chi connectivity index (χ0n) is 9.08. The van der Waals surface area contributed by atoms with Gasteiger partial charge in [-0.25, -0.2) is 0 Å². The summed E-state index contributed by atoms with van der Waals surface area (Å²) in [6, 6.07) is -0.162. The quantitative estimate of drug-likeness (QED) is 0.827. The first-order valence-electron chi connectivity index (χ1n) is 4.93. The number of aromatic nitrogens is 2. The van der Waals surface area contributed by atoms with E-state index in [1.807, 2.05) is 18.9 Å². The third-order valence-corrected chi connectivity index (χ3v) is 3.61. The van der Waals surface area contributed by atoms with Crippen LogP contribution in [0.1, 0.15) is 5.01 Å². The van der Waals surface area contributed by atoms with Gasteiger partial charge in [0, 0.05) is 7.05 Å². The molecule has 6 nitrogen and oxygen atoms in total. The molecule has 1 aromatic rings. The number of likely N-dealkylation sites (N-methyl/N-ethyl adjacent to an activating group) is 1. The Morgan fingerprint density at radius 1 is 1.56 bits per heavy atom. The lowest BCUT2D eigenvalue weighted by molar-refractivity contribution is -0.141. The van der Waals surface area contributed by atoms with Gasteiger partial charge in [-0.05, 0) is 6.92 Å². The predicted octanol–water partition coefficient (Wildman–Crippen LogP) is 0.382. The molecule has 0 aliphatic carbocycles. The van der Waals surface area contributed by atoms with E-state index in [2.05, 4.69) is 10.2 Å². The van der Waals surface area contributed by atoms with Crippen molar-refractivity contribution in [1.29, 1.82) is 0 Å². The van der Waals surface area contributed by atoms with E-state index >= 15 is 0 Å².